The van der Waals surface area contributed by atoms with E-state index in [-0.39, 0.29) is 48.0 Å². The number of halogens is 3. The summed E-state index contributed by atoms with van der Waals surface area (Å²) in [7, 11) is -2.29. The second-order valence-electron chi connectivity index (χ2n) is 6.00. The predicted molar refractivity (Wildman–Crippen MR) is 97.0 cm³/mol. The summed E-state index contributed by atoms with van der Waals surface area (Å²) in [5, 5.41) is 0.217. The molecule has 138 valence electrons. The average Bonchev–Trinajstić information content (AvgIpc) is 2.50. The van der Waals surface area contributed by atoms with Gasteiger partial charge in [-0.1, -0.05) is 24.6 Å². The van der Waals surface area contributed by atoms with Gasteiger partial charge in [-0.05, 0) is 30.9 Å². The molecule has 1 aliphatic rings. The van der Waals surface area contributed by atoms with E-state index in [1.165, 1.54) is 23.5 Å². The lowest BCUT2D eigenvalue weighted by molar-refractivity contribution is 0.181. The highest BCUT2D eigenvalue weighted by atomic mass is 35.5. The van der Waals surface area contributed by atoms with Crippen LogP contribution in [0, 0.1) is 11.7 Å². The molecule has 2 rings (SSSR count). The quantitative estimate of drug-likeness (QED) is 0.827. The van der Waals surface area contributed by atoms with E-state index in [0.717, 1.165) is 17.1 Å². The minimum Gasteiger partial charge on any atom is -0.329 e. The highest BCUT2D eigenvalue weighted by molar-refractivity contribution is 7.86. The first-order valence-corrected chi connectivity index (χ1v) is 9.42. The molecule has 0 aliphatic carbocycles. The van der Waals surface area contributed by atoms with Crippen molar-refractivity contribution >= 4 is 34.2 Å². The fourth-order valence-electron chi connectivity index (χ4n) is 3.01. The second kappa shape index (κ2) is 8.78. The molecule has 0 spiro atoms. The summed E-state index contributed by atoms with van der Waals surface area (Å²) in [6.07, 6.45) is 1.75. The number of rotatable bonds is 5. The summed E-state index contributed by atoms with van der Waals surface area (Å²) in [4.78, 5) is 0. The fraction of sp³-hybridized carbons (Fsp3) is 0.600. The molecule has 1 fully saturated rings. The molecular formula is C15H24Cl2FN3O2S. The van der Waals surface area contributed by atoms with E-state index in [0.29, 0.717) is 6.54 Å². The Balaban J connectivity index is 0.00000288. The Bertz CT molecular complexity index is 640. The Morgan fingerprint density at radius 1 is 1.46 bits per heavy atom. The maximum atomic E-state index is 13.9. The van der Waals surface area contributed by atoms with Crippen molar-refractivity contribution in [1.82, 2.24) is 8.61 Å². The van der Waals surface area contributed by atoms with Crippen LogP contribution in [0.25, 0.3) is 0 Å². The van der Waals surface area contributed by atoms with Crippen LogP contribution in [0.5, 0.6) is 0 Å². The monoisotopic (exact) mass is 399 g/mol. The molecule has 0 aromatic heterocycles. The zero-order chi connectivity index (χ0) is 17.2. The summed E-state index contributed by atoms with van der Waals surface area (Å²) < 4.78 is 42.2. The summed E-state index contributed by atoms with van der Waals surface area (Å²) >= 11 is 5.99. The largest absolute Gasteiger partial charge is 0.329 e. The molecule has 1 aromatic rings. The molecule has 1 aromatic carbocycles. The average molecular weight is 400 g/mol. The van der Waals surface area contributed by atoms with E-state index in [4.69, 9.17) is 17.3 Å². The van der Waals surface area contributed by atoms with Crippen molar-refractivity contribution in [3.63, 3.8) is 0 Å². The van der Waals surface area contributed by atoms with E-state index in [1.807, 2.05) is 6.92 Å². The summed E-state index contributed by atoms with van der Waals surface area (Å²) in [5.41, 5.74) is 5.95. The molecule has 1 saturated heterocycles. The number of benzene rings is 1. The molecule has 0 radical (unpaired) electrons. The van der Waals surface area contributed by atoms with Crippen molar-refractivity contribution in [1.29, 1.82) is 0 Å². The molecule has 5 nitrogen and oxygen atoms in total. The van der Waals surface area contributed by atoms with Gasteiger partial charge in [0.05, 0.1) is 0 Å². The molecule has 2 N–H and O–H groups in total. The van der Waals surface area contributed by atoms with Crippen LogP contribution in [-0.2, 0) is 16.8 Å². The van der Waals surface area contributed by atoms with Gasteiger partial charge >= 0.3 is 0 Å². The van der Waals surface area contributed by atoms with Crippen LogP contribution in [0.4, 0.5) is 4.39 Å². The molecule has 9 heteroatoms. The molecule has 1 aliphatic heterocycles. The molecule has 0 saturated carbocycles. The van der Waals surface area contributed by atoms with Gasteiger partial charge < -0.3 is 5.73 Å². The maximum absolute atomic E-state index is 13.9. The Kier molecular flexibility index (Phi) is 7.90. The molecule has 1 heterocycles. The lowest BCUT2D eigenvalue weighted by Crippen LogP contribution is -2.54. The summed E-state index contributed by atoms with van der Waals surface area (Å²) in [5.74, 6) is -0.309. The molecule has 0 amide bonds. The van der Waals surface area contributed by atoms with Crippen LogP contribution in [0.15, 0.2) is 18.2 Å². The third-order valence-electron chi connectivity index (χ3n) is 4.44. The Hall–Kier alpha value is -0.440. The zero-order valence-electron chi connectivity index (χ0n) is 13.8. The normalized spacial score (nSPS) is 22.4. The van der Waals surface area contributed by atoms with E-state index in [1.54, 1.807) is 6.07 Å². The van der Waals surface area contributed by atoms with Crippen molar-refractivity contribution in [3.05, 3.63) is 34.6 Å². The topological polar surface area (TPSA) is 66.6 Å². The first-order chi connectivity index (χ1) is 10.8. The Morgan fingerprint density at radius 2 is 2.12 bits per heavy atom. The molecule has 2 unspecified atom stereocenters. The van der Waals surface area contributed by atoms with Crippen molar-refractivity contribution in [2.75, 3.05) is 20.1 Å². The van der Waals surface area contributed by atoms with Crippen LogP contribution >= 0.6 is 24.0 Å². The third kappa shape index (κ3) is 4.39. The van der Waals surface area contributed by atoms with Crippen molar-refractivity contribution < 1.29 is 12.8 Å². The van der Waals surface area contributed by atoms with E-state index >= 15 is 0 Å². The van der Waals surface area contributed by atoms with Crippen molar-refractivity contribution in [3.8, 4) is 0 Å². The van der Waals surface area contributed by atoms with Gasteiger partial charge in [0, 0.05) is 43.3 Å². The van der Waals surface area contributed by atoms with Gasteiger partial charge in [-0.25, -0.2) is 4.39 Å². The van der Waals surface area contributed by atoms with Crippen molar-refractivity contribution in [2.24, 2.45) is 11.7 Å². The Labute approximate surface area is 154 Å². The van der Waals surface area contributed by atoms with Crippen molar-refractivity contribution in [2.45, 2.75) is 32.4 Å². The SMILES string of the molecule is CC1CCCN(S(=O)(=O)N(C)Cc2c(F)cccc2Cl)C1CN.Cl. The van der Waals surface area contributed by atoms with E-state index in [9.17, 15) is 12.8 Å². The molecule has 2 atom stereocenters. The van der Waals surface area contributed by atoms with Gasteiger partial charge in [-0.15, -0.1) is 12.4 Å². The minimum atomic E-state index is -3.73. The van der Waals surface area contributed by atoms with E-state index < -0.39 is 16.0 Å². The van der Waals surface area contributed by atoms with Crippen LogP contribution in [0.2, 0.25) is 5.02 Å². The first kappa shape index (κ1) is 21.6. The third-order valence-corrected chi connectivity index (χ3v) is 6.76. The highest BCUT2D eigenvalue weighted by Crippen LogP contribution is 2.28. The van der Waals surface area contributed by atoms with Crippen LogP contribution in [0.3, 0.4) is 0 Å². The van der Waals surface area contributed by atoms with Gasteiger partial charge in [-0.3, -0.25) is 0 Å². The lowest BCUT2D eigenvalue weighted by atomic mass is 9.93. The lowest BCUT2D eigenvalue weighted by Gasteiger charge is -2.40. The van der Waals surface area contributed by atoms with Crippen LogP contribution < -0.4 is 5.73 Å². The number of piperidine rings is 1. The van der Waals surface area contributed by atoms with Crippen LogP contribution in [0.1, 0.15) is 25.3 Å². The summed E-state index contributed by atoms with van der Waals surface area (Å²) in [6.45, 7) is 2.60. The zero-order valence-corrected chi connectivity index (χ0v) is 16.2. The van der Waals surface area contributed by atoms with E-state index in [2.05, 4.69) is 0 Å². The predicted octanol–water partition coefficient (Wildman–Crippen LogP) is 2.64. The fourth-order valence-corrected chi connectivity index (χ4v) is 4.88. The van der Waals surface area contributed by atoms with Gasteiger partial charge in [0.15, 0.2) is 0 Å². The minimum absolute atomic E-state index is 0. The molecule has 0 bridgehead atoms. The van der Waals surface area contributed by atoms with Gasteiger partial charge in [0.1, 0.15) is 5.82 Å². The van der Waals surface area contributed by atoms with Gasteiger partial charge in [0.25, 0.3) is 10.2 Å². The standard InChI is InChI=1S/C15H23ClFN3O2S.ClH/c1-11-5-4-8-20(15(11)9-18)23(21,22)19(2)10-12-13(16)6-3-7-14(12)17;/h3,6-7,11,15H,4-5,8-10,18H2,1-2H3;1H. The number of hydrogen-bond donors (Lipinski definition) is 1. The Morgan fingerprint density at radius 3 is 2.71 bits per heavy atom. The molecule has 24 heavy (non-hydrogen) atoms. The van der Waals surface area contributed by atoms with Gasteiger partial charge in [-0.2, -0.15) is 17.0 Å². The van der Waals surface area contributed by atoms with Gasteiger partial charge in [0.2, 0.25) is 0 Å². The summed E-state index contributed by atoms with van der Waals surface area (Å²) in [6, 6.07) is 4.08. The second-order valence-corrected chi connectivity index (χ2v) is 8.39. The number of nitrogens with two attached hydrogens (primary N) is 1. The molecular weight excluding hydrogens is 376 g/mol. The maximum Gasteiger partial charge on any atom is 0.282 e. The highest BCUT2D eigenvalue weighted by Gasteiger charge is 2.37. The van der Waals surface area contributed by atoms with Crippen LogP contribution in [-0.4, -0.2) is 43.2 Å². The first-order valence-electron chi connectivity index (χ1n) is 7.65. The number of nitrogens with zero attached hydrogens (tertiary/aromatic N) is 2. The number of hydrogen-bond acceptors (Lipinski definition) is 3. The smallest absolute Gasteiger partial charge is 0.282 e.